The minimum absolute atomic E-state index is 0.0102. The molecule has 0 radical (unpaired) electrons. The van der Waals surface area contributed by atoms with Crippen LogP contribution in [-0.4, -0.2) is 29.6 Å². The van der Waals surface area contributed by atoms with Crippen LogP contribution in [0.3, 0.4) is 0 Å². The molecule has 0 aliphatic carbocycles. The van der Waals surface area contributed by atoms with Gasteiger partial charge in [-0.25, -0.2) is 4.98 Å². The number of aromatic amines is 1. The van der Waals surface area contributed by atoms with E-state index < -0.39 is 0 Å². The van der Waals surface area contributed by atoms with Crippen molar-refractivity contribution in [1.29, 1.82) is 0 Å². The first-order chi connectivity index (χ1) is 9.58. The van der Waals surface area contributed by atoms with E-state index >= 15 is 0 Å². The van der Waals surface area contributed by atoms with Crippen LogP contribution in [0.2, 0.25) is 0 Å². The van der Waals surface area contributed by atoms with Gasteiger partial charge in [-0.2, -0.15) is 0 Å². The zero-order chi connectivity index (χ0) is 14.5. The minimum atomic E-state index is -0.240. The molecule has 1 aromatic heterocycles. The summed E-state index contributed by atoms with van der Waals surface area (Å²) in [5.41, 5.74) is 1.77. The standard InChI is InChI=1S/C14H15N3O3/c1-9-6-12(18)17-14(15-9)10-4-3-5-11(7-10)16-13(19)8-20-2/h3-7H,8H2,1-2H3,(H,16,19)(H,15,17,18). The zero-order valence-electron chi connectivity index (χ0n) is 11.3. The molecule has 1 amide bonds. The first kappa shape index (κ1) is 14.0. The third-order valence-electron chi connectivity index (χ3n) is 2.56. The maximum Gasteiger partial charge on any atom is 0.251 e. The Kier molecular flexibility index (Phi) is 4.27. The number of anilines is 1. The molecule has 0 aliphatic heterocycles. The number of benzene rings is 1. The summed E-state index contributed by atoms with van der Waals surface area (Å²) in [5.74, 6) is 0.230. The molecule has 6 nitrogen and oxygen atoms in total. The number of amides is 1. The SMILES string of the molecule is COCC(=O)Nc1cccc(-c2nc(C)cc(=O)[nH]2)c1. The molecule has 0 fully saturated rings. The molecule has 2 N–H and O–H groups in total. The molecular weight excluding hydrogens is 258 g/mol. The van der Waals surface area contributed by atoms with Gasteiger partial charge in [0.25, 0.3) is 5.56 Å². The smallest absolute Gasteiger partial charge is 0.251 e. The van der Waals surface area contributed by atoms with Crippen molar-refractivity contribution in [2.24, 2.45) is 0 Å². The number of hydrogen-bond acceptors (Lipinski definition) is 4. The fourth-order valence-corrected chi connectivity index (χ4v) is 1.79. The van der Waals surface area contributed by atoms with Gasteiger partial charge in [0.2, 0.25) is 5.91 Å². The van der Waals surface area contributed by atoms with Gasteiger partial charge in [-0.3, -0.25) is 9.59 Å². The topological polar surface area (TPSA) is 84.1 Å². The lowest BCUT2D eigenvalue weighted by molar-refractivity contribution is -0.119. The third kappa shape index (κ3) is 3.52. The van der Waals surface area contributed by atoms with Gasteiger partial charge < -0.3 is 15.0 Å². The lowest BCUT2D eigenvalue weighted by atomic mass is 10.2. The van der Waals surface area contributed by atoms with Gasteiger partial charge in [-0.15, -0.1) is 0 Å². The second-order valence-electron chi connectivity index (χ2n) is 4.30. The van der Waals surface area contributed by atoms with Crippen LogP contribution < -0.4 is 10.9 Å². The molecule has 104 valence electrons. The zero-order valence-corrected chi connectivity index (χ0v) is 11.3. The predicted octanol–water partition coefficient (Wildman–Crippen LogP) is 1.33. The van der Waals surface area contributed by atoms with Crippen molar-refractivity contribution in [1.82, 2.24) is 9.97 Å². The van der Waals surface area contributed by atoms with Crippen LogP contribution in [0.4, 0.5) is 5.69 Å². The van der Waals surface area contributed by atoms with Crippen molar-refractivity contribution >= 4 is 11.6 Å². The van der Waals surface area contributed by atoms with Crippen LogP contribution in [-0.2, 0) is 9.53 Å². The monoisotopic (exact) mass is 273 g/mol. The molecule has 0 unspecified atom stereocenters. The maximum absolute atomic E-state index is 11.5. The van der Waals surface area contributed by atoms with Gasteiger partial charge >= 0.3 is 0 Å². The molecule has 0 saturated carbocycles. The Bertz CT molecular complexity index is 679. The van der Waals surface area contributed by atoms with Crippen molar-refractivity contribution < 1.29 is 9.53 Å². The van der Waals surface area contributed by atoms with Crippen LogP contribution >= 0.6 is 0 Å². The van der Waals surface area contributed by atoms with E-state index in [0.29, 0.717) is 17.2 Å². The lowest BCUT2D eigenvalue weighted by Gasteiger charge is -2.07. The van der Waals surface area contributed by atoms with E-state index in [1.54, 1.807) is 25.1 Å². The van der Waals surface area contributed by atoms with E-state index in [-0.39, 0.29) is 18.1 Å². The fourth-order valence-electron chi connectivity index (χ4n) is 1.79. The molecule has 1 heterocycles. The molecule has 0 bridgehead atoms. The van der Waals surface area contributed by atoms with E-state index in [9.17, 15) is 9.59 Å². The number of aryl methyl sites for hydroxylation is 1. The second kappa shape index (κ2) is 6.12. The van der Waals surface area contributed by atoms with Gasteiger partial charge in [0.05, 0.1) is 0 Å². The maximum atomic E-state index is 11.5. The highest BCUT2D eigenvalue weighted by Gasteiger charge is 2.05. The summed E-state index contributed by atoms with van der Waals surface area (Å²) in [7, 11) is 1.46. The highest BCUT2D eigenvalue weighted by molar-refractivity contribution is 5.92. The first-order valence-corrected chi connectivity index (χ1v) is 6.05. The quantitative estimate of drug-likeness (QED) is 0.880. The van der Waals surface area contributed by atoms with Crippen LogP contribution in [0.1, 0.15) is 5.69 Å². The van der Waals surface area contributed by atoms with Gasteiger partial charge in [0.1, 0.15) is 12.4 Å². The molecule has 6 heteroatoms. The summed E-state index contributed by atoms with van der Waals surface area (Å²) in [6.07, 6.45) is 0. The van der Waals surface area contributed by atoms with Gasteiger partial charge in [-0.1, -0.05) is 12.1 Å². The van der Waals surface area contributed by atoms with Crippen molar-refractivity contribution in [2.75, 3.05) is 19.0 Å². The summed E-state index contributed by atoms with van der Waals surface area (Å²) in [6.45, 7) is 1.74. The van der Waals surface area contributed by atoms with Crippen molar-refractivity contribution in [3.8, 4) is 11.4 Å². The number of hydrogen-bond donors (Lipinski definition) is 2. The summed E-state index contributed by atoms with van der Waals surface area (Å²) < 4.78 is 4.75. The Morgan fingerprint density at radius 3 is 2.90 bits per heavy atom. The van der Waals surface area contributed by atoms with Crippen molar-refractivity contribution in [2.45, 2.75) is 6.92 Å². The Morgan fingerprint density at radius 1 is 1.40 bits per heavy atom. The number of carbonyl (C=O) groups is 1. The van der Waals surface area contributed by atoms with Gasteiger partial charge in [-0.05, 0) is 19.1 Å². The van der Waals surface area contributed by atoms with Gasteiger partial charge in [0, 0.05) is 30.1 Å². The summed E-state index contributed by atoms with van der Waals surface area (Å²) in [4.78, 5) is 29.8. The van der Waals surface area contributed by atoms with Crippen LogP contribution in [0.15, 0.2) is 35.1 Å². The molecule has 0 spiro atoms. The molecule has 20 heavy (non-hydrogen) atoms. The highest BCUT2D eigenvalue weighted by Crippen LogP contribution is 2.18. The number of ether oxygens (including phenoxy) is 1. The Morgan fingerprint density at radius 2 is 2.20 bits per heavy atom. The van der Waals surface area contributed by atoms with Crippen molar-refractivity contribution in [3.63, 3.8) is 0 Å². The molecule has 0 saturated heterocycles. The minimum Gasteiger partial charge on any atom is -0.375 e. The Hall–Kier alpha value is -2.47. The molecule has 0 aliphatic rings. The fraction of sp³-hybridized carbons (Fsp3) is 0.214. The first-order valence-electron chi connectivity index (χ1n) is 6.05. The third-order valence-corrected chi connectivity index (χ3v) is 2.56. The van der Waals surface area contributed by atoms with E-state index in [1.165, 1.54) is 13.2 Å². The van der Waals surface area contributed by atoms with Crippen LogP contribution in [0, 0.1) is 6.92 Å². The summed E-state index contributed by atoms with van der Waals surface area (Å²) >= 11 is 0. The number of aromatic nitrogens is 2. The van der Waals surface area contributed by atoms with Crippen molar-refractivity contribution in [3.05, 3.63) is 46.4 Å². The van der Waals surface area contributed by atoms with E-state index in [2.05, 4.69) is 15.3 Å². The molecule has 2 rings (SSSR count). The average Bonchev–Trinajstić information content (AvgIpc) is 2.38. The Labute approximate surface area is 115 Å². The Balaban J connectivity index is 2.29. The van der Waals surface area contributed by atoms with E-state index in [4.69, 9.17) is 4.74 Å². The molecular formula is C14H15N3O3. The number of nitrogens with one attached hydrogen (secondary N) is 2. The largest absolute Gasteiger partial charge is 0.375 e. The molecule has 1 aromatic carbocycles. The number of carbonyl (C=O) groups excluding carboxylic acids is 1. The molecule has 0 atom stereocenters. The van der Waals surface area contributed by atoms with E-state index in [1.807, 2.05) is 6.07 Å². The normalized spacial score (nSPS) is 10.3. The second-order valence-corrected chi connectivity index (χ2v) is 4.30. The number of H-pyrrole nitrogens is 1. The number of methoxy groups -OCH3 is 1. The van der Waals surface area contributed by atoms with Crippen LogP contribution in [0.5, 0.6) is 0 Å². The van der Waals surface area contributed by atoms with Crippen LogP contribution in [0.25, 0.3) is 11.4 Å². The predicted molar refractivity (Wildman–Crippen MR) is 75.5 cm³/mol. The summed E-state index contributed by atoms with van der Waals surface area (Å²) in [6, 6.07) is 8.51. The highest BCUT2D eigenvalue weighted by atomic mass is 16.5. The molecule has 2 aromatic rings. The summed E-state index contributed by atoms with van der Waals surface area (Å²) in [5, 5.41) is 2.70. The average molecular weight is 273 g/mol. The van der Waals surface area contributed by atoms with E-state index in [0.717, 1.165) is 5.56 Å². The lowest BCUT2D eigenvalue weighted by Crippen LogP contribution is -2.17. The number of rotatable bonds is 4. The number of nitrogens with zero attached hydrogens (tertiary/aromatic N) is 1. The van der Waals surface area contributed by atoms with Gasteiger partial charge in [0.15, 0.2) is 0 Å².